The van der Waals surface area contributed by atoms with Crippen LogP contribution in [0.5, 0.6) is 0 Å². The second kappa shape index (κ2) is 4.98. The predicted molar refractivity (Wildman–Crippen MR) is 69.1 cm³/mol. The van der Waals surface area contributed by atoms with Crippen LogP contribution in [0.3, 0.4) is 0 Å². The first-order chi connectivity index (χ1) is 8.15. The van der Waals surface area contributed by atoms with E-state index >= 15 is 0 Å². The van der Waals surface area contributed by atoms with Crippen molar-refractivity contribution in [2.75, 3.05) is 11.9 Å². The highest BCUT2D eigenvalue weighted by molar-refractivity contribution is 6.53. The Bertz CT molecular complexity index is 485. The minimum atomic E-state index is -0.670. The van der Waals surface area contributed by atoms with Gasteiger partial charge < -0.3 is 10.1 Å². The van der Waals surface area contributed by atoms with Gasteiger partial charge in [-0.05, 0) is 13.0 Å². The Morgan fingerprint density at radius 1 is 1.47 bits per heavy atom. The summed E-state index contributed by atoms with van der Waals surface area (Å²) in [5.41, 5.74) is 1.16. The number of nitrogens with one attached hydrogen (secondary N) is 1. The van der Waals surface area contributed by atoms with Crippen LogP contribution in [0.1, 0.15) is 12.5 Å². The number of hydrogen-bond donors (Lipinski definition) is 1. The Kier molecular flexibility index (Phi) is 3.60. The molecule has 1 N–H and O–H groups in total. The van der Waals surface area contributed by atoms with Gasteiger partial charge in [0.2, 0.25) is 0 Å². The number of anilines is 1. The van der Waals surface area contributed by atoms with Crippen molar-refractivity contribution < 1.29 is 9.53 Å². The van der Waals surface area contributed by atoms with Gasteiger partial charge in [0.05, 0.1) is 17.2 Å². The number of benzene rings is 1. The maximum atomic E-state index is 11.7. The fourth-order valence-electron chi connectivity index (χ4n) is 1.67. The van der Waals surface area contributed by atoms with E-state index < -0.39 is 11.5 Å². The molecule has 1 aliphatic heterocycles. The lowest BCUT2D eigenvalue weighted by molar-refractivity contribution is -0.138. The predicted octanol–water partition coefficient (Wildman–Crippen LogP) is 3.19. The van der Waals surface area contributed by atoms with Crippen LogP contribution in [0.25, 0.3) is 5.03 Å². The number of ether oxygens (including phenoxy) is 1. The van der Waals surface area contributed by atoms with Crippen LogP contribution in [-0.4, -0.2) is 18.1 Å². The molecule has 5 heteroatoms. The van der Waals surface area contributed by atoms with Crippen molar-refractivity contribution in [2.24, 2.45) is 0 Å². The Morgan fingerprint density at radius 3 is 2.88 bits per heavy atom. The Hall–Kier alpha value is -1.19. The van der Waals surface area contributed by atoms with Gasteiger partial charge in [0, 0.05) is 11.3 Å². The summed E-state index contributed by atoms with van der Waals surface area (Å²) in [5.74, 6) is -0.487. The molecule has 0 saturated carbocycles. The van der Waals surface area contributed by atoms with E-state index in [0.717, 1.165) is 11.3 Å². The van der Waals surface area contributed by atoms with Gasteiger partial charge in [-0.2, -0.15) is 0 Å². The summed E-state index contributed by atoms with van der Waals surface area (Å²) in [6.45, 7) is 2.03. The summed E-state index contributed by atoms with van der Waals surface area (Å²) < 4.78 is 4.93. The Morgan fingerprint density at radius 2 is 2.18 bits per heavy atom. The topological polar surface area (TPSA) is 38.3 Å². The number of rotatable bonds is 2. The molecule has 0 aliphatic carbocycles. The molecule has 3 nitrogen and oxygen atoms in total. The smallest absolute Gasteiger partial charge is 0.338 e. The number of halogens is 2. The van der Waals surface area contributed by atoms with E-state index in [1.165, 1.54) is 0 Å². The zero-order valence-corrected chi connectivity index (χ0v) is 10.7. The lowest BCUT2D eigenvalue weighted by atomic mass is 10.0. The molecule has 0 spiro atoms. The molecule has 0 radical (unpaired) electrons. The Labute approximate surface area is 109 Å². The molecule has 0 fully saturated rings. The van der Waals surface area contributed by atoms with E-state index in [9.17, 15) is 4.79 Å². The van der Waals surface area contributed by atoms with Crippen LogP contribution in [0.2, 0.25) is 0 Å². The average Bonchev–Trinajstić information content (AvgIpc) is 2.29. The molecule has 0 aromatic heterocycles. The van der Waals surface area contributed by atoms with Crippen molar-refractivity contribution >= 4 is 39.9 Å². The molecule has 1 aromatic carbocycles. The third-order valence-electron chi connectivity index (χ3n) is 2.43. The zero-order chi connectivity index (χ0) is 12.4. The molecule has 0 bridgehead atoms. The first-order valence-electron chi connectivity index (χ1n) is 5.22. The number of hydrogen-bond acceptors (Lipinski definition) is 3. The van der Waals surface area contributed by atoms with Crippen molar-refractivity contribution in [3.63, 3.8) is 0 Å². The lowest BCUT2D eigenvalue weighted by Gasteiger charge is -2.24. The summed E-state index contributed by atoms with van der Waals surface area (Å²) in [5, 5.41) is 3.35. The molecule has 1 aromatic rings. The van der Waals surface area contributed by atoms with Crippen LogP contribution in [0, 0.1) is 0 Å². The van der Waals surface area contributed by atoms with E-state index in [2.05, 4.69) is 5.32 Å². The molecule has 0 saturated heterocycles. The number of carbonyl (C=O) groups excluding carboxylic acids is 1. The van der Waals surface area contributed by atoms with E-state index in [1.807, 2.05) is 24.3 Å². The summed E-state index contributed by atoms with van der Waals surface area (Å²) in [6.07, 6.45) is 0. The van der Waals surface area contributed by atoms with Gasteiger partial charge in [-0.1, -0.05) is 41.4 Å². The summed E-state index contributed by atoms with van der Waals surface area (Å²) in [4.78, 5) is 11.7. The molecule has 17 heavy (non-hydrogen) atoms. The second-order valence-corrected chi connectivity index (χ2v) is 4.32. The molecule has 0 unspecified atom stereocenters. The van der Waals surface area contributed by atoms with Crippen molar-refractivity contribution in [2.45, 2.75) is 12.4 Å². The van der Waals surface area contributed by atoms with Crippen LogP contribution in [0.15, 0.2) is 29.8 Å². The standard InChI is InChI=1S/C12H11Cl2NO2/c1-2-17-12(16)9-10(13)7-5-3-4-6-8(7)15-11(9)14/h3-6,11,15H,2H2,1H3/t11-/m0/s1. The molecule has 0 amide bonds. The lowest BCUT2D eigenvalue weighted by Crippen LogP contribution is -2.27. The first-order valence-corrected chi connectivity index (χ1v) is 6.03. The summed E-state index contributed by atoms with van der Waals surface area (Å²) in [7, 11) is 0. The van der Waals surface area contributed by atoms with Gasteiger partial charge in [-0.25, -0.2) is 4.79 Å². The monoisotopic (exact) mass is 271 g/mol. The molecule has 1 atom stereocenters. The van der Waals surface area contributed by atoms with Gasteiger partial charge in [-0.15, -0.1) is 0 Å². The largest absolute Gasteiger partial charge is 0.462 e. The minimum Gasteiger partial charge on any atom is -0.462 e. The number of carbonyl (C=O) groups is 1. The highest BCUT2D eigenvalue weighted by Gasteiger charge is 2.29. The van der Waals surface area contributed by atoms with Crippen LogP contribution < -0.4 is 5.32 Å². The maximum absolute atomic E-state index is 11.7. The number of fused-ring (bicyclic) bond motifs is 1. The van der Waals surface area contributed by atoms with E-state index in [0.29, 0.717) is 5.03 Å². The molecule has 90 valence electrons. The fraction of sp³-hybridized carbons (Fsp3) is 0.250. The van der Waals surface area contributed by atoms with Gasteiger partial charge in [0.1, 0.15) is 5.50 Å². The zero-order valence-electron chi connectivity index (χ0n) is 9.17. The van der Waals surface area contributed by atoms with Crippen molar-refractivity contribution in [3.05, 3.63) is 35.4 Å². The molecule has 1 heterocycles. The first kappa shape index (κ1) is 12.3. The van der Waals surface area contributed by atoms with Gasteiger partial charge in [-0.3, -0.25) is 0 Å². The van der Waals surface area contributed by atoms with Crippen molar-refractivity contribution in [1.29, 1.82) is 0 Å². The maximum Gasteiger partial charge on any atom is 0.338 e. The second-order valence-electron chi connectivity index (χ2n) is 3.50. The highest BCUT2D eigenvalue weighted by Crippen LogP contribution is 2.37. The molecule has 1 aliphatic rings. The van der Waals surface area contributed by atoms with E-state index in [1.54, 1.807) is 6.92 Å². The minimum absolute atomic E-state index is 0.258. The summed E-state index contributed by atoms with van der Waals surface area (Å²) in [6, 6.07) is 7.40. The number of esters is 1. The third kappa shape index (κ3) is 2.26. The third-order valence-corrected chi connectivity index (χ3v) is 3.17. The van der Waals surface area contributed by atoms with Gasteiger partial charge >= 0.3 is 5.97 Å². The average molecular weight is 272 g/mol. The summed E-state index contributed by atoms with van der Waals surface area (Å²) >= 11 is 12.3. The molecular weight excluding hydrogens is 261 g/mol. The number of para-hydroxylation sites is 1. The fourth-order valence-corrected chi connectivity index (χ4v) is 2.39. The molecule has 2 rings (SSSR count). The highest BCUT2D eigenvalue weighted by atomic mass is 35.5. The SMILES string of the molecule is CCOC(=O)C1=C(Cl)c2ccccc2N[C@@H]1Cl. The molecular formula is C12H11Cl2NO2. The quantitative estimate of drug-likeness (QED) is 0.510. The van der Waals surface area contributed by atoms with Gasteiger partial charge in [0.25, 0.3) is 0 Å². The Balaban J connectivity index is 2.47. The van der Waals surface area contributed by atoms with Crippen LogP contribution in [-0.2, 0) is 9.53 Å². The number of alkyl halides is 1. The van der Waals surface area contributed by atoms with Crippen LogP contribution >= 0.6 is 23.2 Å². The van der Waals surface area contributed by atoms with E-state index in [-0.39, 0.29) is 12.2 Å². The van der Waals surface area contributed by atoms with Crippen molar-refractivity contribution in [3.8, 4) is 0 Å². The van der Waals surface area contributed by atoms with Crippen molar-refractivity contribution in [1.82, 2.24) is 0 Å². The normalized spacial score (nSPS) is 18.4. The van der Waals surface area contributed by atoms with Crippen LogP contribution in [0.4, 0.5) is 5.69 Å². The van der Waals surface area contributed by atoms with E-state index in [4.69, 9.17) is 27.9 Å². The van der Waals surface area contributed by atoms with Gasteiger partial charge in [0.15, 0.2) is 0 Å².